The Morgan fingerprint density at radius 1 is 1.38 bits per heavy atom. The van der Waals surface area contributed by atoms with Crippen molar-refractivity contribution in [2.75, 3.05) is 0 Å². The summed E-state index contributed by atoms with van der Waals surface area (Å²) >= 11 is 3.41. The molecule has 0 saturated heterocycles. The van der Waals surface area contributed by atoms with Crippen LogP contribution in [0.25, 0.3) is 0 Å². The summed E-state index contributed by atoms with van der Waals surface area (Å²) in [6.07, 6.45) is 1.17. The van der Waals surface area contributed by atoms with Crippen molar-refractivity contribution in [2.24, 2.45) is 5.92 Å². The molecule has 1 aromatic carbocycles. The van der Waals surface area contributed by atoms with Crippen LogP contribution >= 0.6 is 15.9 Å². The van der Waals surface area contributed by atoms with Gasteiger partial charge in [-0.15, -0.1) is 0 Å². The van der Waals surface area contributed by atoms with Gasteiger partial charge in [0, 0.05) is 22.6 Å². The Kier molecular flexibility index (Phi) is 5.29. The van der Waals surface area contributed by atoms with Crippen LogP contribution in [0.4, 0.5) is 0 Å². The summed E-state index contributed by atoms with van der Waals surface area (Å²) in [6.45, 7) is 7.32. The van der Waals surface area contributed by atoms with Crippen molar-refractivity contribution in [3.05, 3.63) is 28.2 Å². The van der Waals surface area contributed by atoms with Gasteiger partial charge in [0.05, 0.1) is 0 Å². The zero-order valence-corrected chi connectivity index (χ0v) is 11.7. The Labute approximate surface area is 106 Å². The summed E-state index contributed by atoms with van der Waals surface area (Å²) in [4.78, 5) is 0. The number of halogens is 1. The van der Waals surface area contributed by atoms with Crippen LogP contribution in [0, 0.1) is 5.92 Å². The second-order valence-electron chi connectivity index (χ2n) is 4.33. The lowest BCUT2D eigenvalue weighted by atomic mass is 10.0. The summed E-state index contributed by atoms with van der Waals surface area (Å²) in [7, 11) is 0. The standard InChI is InChI=1S/C13H20BrNO/c1-4-9(2)10(3)15-8-11-7-12(14)5-6-13(11)16/h5-7,9-10,15-16H,4,8H2,1-3H3. The molecule has 0 aliphatic carbocycles. The quantitative estimate of drug-likeness (QED) is 0.865. The van der Waals surface area contributed by atoms with Crippen LogP contribution in [0.1, 0.15) is 32.8 Å². The summed E-state index contributed by atoms with van der Waals surface area (Å²) in [6, 6.07) is 5.97. The Bertz CT molecular complexity index is 341. The van der Waals surface area contributed by atoms with Gasteiger partial charge < -0.3 is 10.4 Å². The maximum atomic E-state index is 9.68. The molecule has 0 heterocycles. The van der Waals surface area contributed by atoms with Gasteiger partial charge in [-0.25, -0.2) is 0 Å². The Balaban J connectivity index is 2.57. The number of hydrogen-bond donors (Lipinski definition) is 2. The third kappa shape index (κ3) is 3.80. The fraction of sp³-hybridized carbons (Fsp3) is 0.538. The molecule has 0 aliphatic rings. The predicted octanol–water partition coefficient (Wildman–Crippen LogP) is 3.68. The van der Waals surface area contributed by atoms with Crippen molar-refractivity contribution in [1.82, 2.24) is 5.32 Å². The smallest absolute Gasteiger partial charge is 0.120 e. The van der Waals surface area contributed by atoms with Gasteiger partial charge in [-0.2, -0.15) is 0 Å². The molecule has 2 nitrogen and oxygen atoms in total. The molecular formula is C13H20BrNO. The molecule has 2 atom stereocenters. The topological polar surface area (TPSA) is 32.3 Å². The van der Waals surface area contributed by atoms with Gasteiger partial charge in [0.2, 0.25) is 0 Å². The van der Waals surface area contributed by atoms with Crippen LogP contribution in [-0.4, -0.2) is 11.1 Å². The van der Waals surface area contributed by atoms with Crippen LogP contribution in [0.3, 0.4) is 0 Å². The van der Waals surface area contributed by atoms with Crippen molar-refractivity contribution < 1.29 is 5.11 Å². The number of benzene rings is 1. The minimum atomic E-state index is 0.354. The Hall–Kier alpha value is -0.540. The van der Waals surface area contributed by atoms with Gasteiger partial charge in [0.1, 0.15) is 5.75 Å². The van der Waals surface area contributed by atoms with Gasteiger partial charge >= 0.3 is 0 Å². The molecule has 3 heteroatoms. The van der Waals surface area contributed by atoms with Crippen LogP contribution in [0.15, 0.2) is 22.7 Å². The molecule has 0 spiro atoms. The van der Waals surface area contributed by atoms with E-state index in [1.165, 1.54) is 6.42 Å². The van der Waals surface area contributed by atoms with E-state index in [9.17, 15) is 5.11 Å². The number of aromatic hydroxyl groups is 1. The first-order valence-electron chi connectivity index (χ1n) is 5.75. The molecule has 1 rings (SSSR count). The van der Waals surface area contributed by atoms with Crippen molar-refractivity contribution in [3.63, 3.8) is 0 Å². The van der Waals surface area contributed by atoms with Gasteiger partial charge in [-0.3, -0.25) is 0 Å². The lowest BCUT2D eigenvalue weighted by molar-refractivity contribution is 0.384. The molecule has 1 aromatic rings. The molecule has 2 N–H and O–H groups in total. The molecule has 16 heavy (non-hydrogen) atoms. The highest BCUT2D eigenvalue weighted by Crippen LogP contribution is 2.22. The van der Waals surface area contributed by atoms with Crippen molar-refractivity contribution >= 4 is 15.9 Å². The highest BCUT2D eigenvalue weighted by Gasteiger charge is 2.10. The van der Waals surface area contributed by atoms with E-state index >= 15 is 0 Å². The summed E-state index contributed by atoms with van der Waals surface area (Å²) in [5.74, 6) is 1.00. The first-order valence-corrected chi connectivity index (χ1v) is 6.54. The second-order valence-corrected chi connectivity index (χ2v) is 5.24. The molecule has 0 fully saturated rings. The maximum absolute atomic E-state index is 9.68. The van der Waals surface area contributed by atoms with Crippen molar-refractivity contribution in [2.45, 2.75) is 39.8 Å². The van der Waals surface area contributed by atoms with Gasteiger partial charge in [-0.1, -0.05) is 36.2 Å². The van der Waals surface area contributed by atoms with E-state index in [0.29, 0.717) is 24.3 Å². The molecule has 0 saturated carbocycles. The fourth-order valence-corrected chi connectivity index (χ4v) is 1.93. The monoisotopic (exact) mass is 285 g/mol. The van der Waals surface area contributed by atoms with E-state index in [0.717, 1.165) is 10.0 Å². The van der Waals surface area contributed by atoms with Crippen LogP contribution in [0.2, 0.25) is 0 Å². The zero-order chi connectivity index (χ0) is 12.1. The molecule has 0 amide bonds. The average molecular weight is 286 g/mol. The zero-order valence-electron chi connectivity index (χ0n) is 10.1. The molecule has 2 unspecified atom stereocenters. The summed E-state index contributed by atoms with van der Waals surface area (Å²) in [5, 5.41) is 13.1. The first-order chi connectivity index (χ1) is 7.54. The average Bonchev–Trinajstić information content (AvgIpc) is 2.28. The van der Waals surface area contributed by atoms with Crippen LogP contribution in [0.5, 0.6) is 5.75 Å². The molecule has 0 radical (unpaired) electrons. The number of phenolic OH excluding ortho intramolecular Hbond substituents is 1. The fourth-order valence-electron chi connectivity index (χ4n) is 1.52. The molecule has 0 aliphatic heterocycles. The largest absolute Gasteiger partial charge is 0.508 e. The van der Waals surface area contributed by atoms with Crippen molar-refractivity contribution in [3.8, 4) is 5.75 Å². The molecule has 0 bridgehead atoms. The SMILES string of the molecule is CCC(C)C(C)NCc1cc(Br)ccc1O. The van der Waals surface area contributed by atoms with E-state index in [2.05, 4.69) is 42.0 Å². The number of phenols is 1. The second kappa shape index (κ2) is 6.26. The molecular weight excluding hydrogens is 266 g/mol. The van der Waals surface area contributed by atoms with E-state index in [-0.39, 0.29) is 0 Å². The summed E-state index contributed by atoms with van der Waals surface area (Å²) < 4.78 is 0.998. The lowest BCUT2D eigenvalue weighted by Crippen LogP contribution is -2.31. The normalized spacial score (nSPS) is 14.8. The third-order valence-corrected chi connectivity index (χ3v) is 3.65. The molecule has 90 valence electrons. The minimum Gasteiger partial charge on any atom is -0.508 e. The maximum Gasteiger partial charge on any atom is 0.120 e. The first kappa shape index (κ1) is 13.5. The van der Waals surface area contributed by atoms with E-state index in [1.54, 1.807) is 6.07 Å². The van der Waals surface area contributed by atoms with Gasteiger partial charge in [0.25, 0.3) is 0 Å². The van der Waals surface area contributed by atoms with Crippen molar-refractivity contribution in [1.29, 1.82) is 0 Å². The van der Waals surface area contributed by atoms with Crippen LogP contribution < -0.4 is 5.32 Å². The van der Waals surface area contributed by atoms with E-state index in [4.69, 9.17) is 0 Å². The Morgan fingerprint density at radius 2 is 2.06 bits per heavy atom. The van der Waals surface area contributed by atoms with Crippen LogP contribution in [-0.2, 0) is 6.54 Å². The number of rotatable bonds is 5. The number of hydrogen-bond acceptors (Lipinski definition) is 2. The highest BCUT2D eigenvalue weighted by atomic mass is 79.9. The lowest BCUT2D eigenvalue weighted by Gasteiger charge is -2.20. The Morgan fingerprint density at radius 3 is 2.69 bits per heavy atom. The highest BCUT2D eigenvalue weighted by molar-refractivity contribution is 9.10. The van der Waals surface area contributed by atoms with Gasteiger partial charge in [0.15, 0.2) is 0 Å². The van der Waals surface area contributed by atoms with Gasteiger partial charge in [-0.05, 0) is 31.0 Å². The molecule has 0 aromatic heterocycles. The number of nitrogens with one attached hydrogen (secondary N) is 1. The minimum absolute atomic E-state index is 0.354. The van der Waals surface area contributed by atoms with E-state index in [1.807, 2.05) is 12.1 Å². The van der Waals surface area contributed by atoms with E-state index < -0.39 is 0 Å². The summed E-state index contributed by atoms with van der Waals surface area (Å²) in [5.41, 5.74) is 0.935. The predicted molar refractivity (Wildman–Crippen MR) is 71.6 cm³/mol. The third-order valence-electron chi connectivity index (χ3n) is 3.15.